The van der Waals surface area contributed by atoms with Crippen molar-refractivity contribution in [1.82, 2.24) is 5.32 Å². The minimum Gasteiger partial charge on any atom is -0.312 e. The Morgan fingerprint density at radius 3 is 2.58 bits per heavy atom. The van der Waals surface area contributed by atoms with Gasteiger partial charge in [-0.1, -0.05) is 17.7 Å². The monoisotopic (exact) mass is 279 g/mol. The lowest BCUT2D eigenvalue weighted by Crippen LogP contribution is -2.24. The number of fused-ring (bicyclic) bond motifs is 1. The van der Waals surface area contributed by atoms with Crippen molar-refractivity contribution >= 4 is 11.6 Å². The Labute approximate surface area is 115 Å². The first-order chi connectivity index (χ1) is 9.16. The van der Waals surface area contributed by atoms with Gasteiger partial charge < -0.3 is 5.32 Å². The molecule has 98 valence electrons. The van der Waals surface area contributed by atoms with E-state index in [2.05, 4.69) is 5.32 Å². The molecule has 19 heavy (non-hydrogen) atoms. The molecule has 0 fully saturated rings. The fraction of sp³-hybridized carbons (Fsp3) is 0.200. The van der Waals surface area contributed by atoms with E-state index in [4.69, 9.17) is 11.6 Å². The van der Waals surface area contributed by atoms with E-state index in [0.29, 0.717) is 17.1 Å². The molecule has 3 rings (SSSR count). The van der Waals surface area contributed by atoms with Crippen LogP contribution in [0.2, 0.25) is 5.02 Å². The van der Waals surface area contributed by atoms with E-state index in [0.717, 1.165) is 35.7 Å². The van der Waals surface area contributed by atoms with Crippen molar-refractivity contribution in [2.24, 2.45) is 0 Å². The van der Waals surface area contributed by atoms with Crippen molar-refractivity contribution in [1.29, 1.82) is 0 Å². The lowest BCUT2D eigenvalue weighted by atomic mass is 9.91. The van der Waals surface area contributed by atoms with Crippen molar-refractivity contribution in [3.8, 4) is 11.1 Å². The number of benzene rings is 2. The van der Waals surface area contributed by atoms with Gasteiger partial charge in [0.05, 0.1) is 0 Å². The molecule has 0 bridgehead atoms. The highest BCUT2D eigenvalue weighted by Gasteiger charge is 2.18. The molecule has 2 aromatic rings. The van der Waals surface area contributed by atoms with Crippen LogP contribution in [-0.4, -0.2) is 6.54 Å². The molecule has 0 saturated carbocycles. The quantitative estimate of drug-likeness (QED) is 0.834. The van der Waals surface area contributed by atoms with Gasteiger partial charge in [0.2, 0.25) is 0 Å². The maximum atomic E-state index is 13.9. The van der Waals surface area contributed by atoms with Crippen LogP contribution in [0.15, 0.2) is 30.3 Å². The summed E-state index contributed by atoms with van der Waals surface area (Å²) >= 11 is 6.19. The van der Waals surface area contributed by atoms with Crippen molar-refractivity contribution < 1.29 is 8.78 Å². The standard InChI is InChI=1S/C15H12ClF2N/c16-14-4-3-10(13-8-19-6-5-11(13)14)12-2-1-9(17)7-15(12)18/h1-4,7,19H,5-6,8H2. The molecule has 0 aromatic heterocycles. The molecule has 1 aliphatic heterocycles. The molecule has 0 radical (unpaired) electrons. The Balaban J connectivity index is 2.20. The Morgan fingerprint density at radius 2 is 1.79 bits per heavy atom. The lowest BCUT2D eigenvalue weighted by molar-refractivity contribution is 0.585. The Kier molecular flexibility index (Phi) is 3.25. The summed E-state index contributed by atoms with van der Waals surface area (Å²) in [5.74, 6) is -1.11. The second-order valence-corrected chi connectivity index (χ2v) is 5.01. The first kappa shape index (κ1) is 12.6. The molecule has 0 atom stereocenters. The van der Waals surface area contributed by atoms with Gasteiger partial charge in [0, 0.05) is 23.2 Å². The molecule has 1 heterocycles. The number of hydrogen-bond acceptors (Lipinski definition) is 1. The van der Waals surface area contributed by atoms with Crippen molar-refractivity contribution in [3.63, 3.8) is 0 Å². The second kappa shape index (κ2) is 4.91. The fourth-order valence-corrected chi connectivity index (χ4v) is 2.80. The fourth-order valence-electron chi connectivity index (χ4n) is 2.52. The molecular formula is C15H12ClF2N. The summed E-state index contributed by atoms with van der Waals surface area (Å²) in [4.78, 5) is 0. The summed E-state index contributed by atoms with van der Waals surface area (Å²) in [7, 11) is 0. The second-order valence-electron chi connectivity index (χ2n) is 4.60. The molecule has 1 aliphatic rings. The van der Waals surface area contributed by atoms with Crippen molar-refractivity contribution in [2.45, 2.75) is 13.0 Å². The maximum absolute atomic E-state index is 13.9. The molecular weight excluding hydrogens is 268 g/mol. The SMILES string of the molecule is Fc1ccc(-c2ccc(Cl)c3c2CNCC3)c(F)c1. The maximum Gasteiger partial charge on any atom is 0.133 e. The number of rotatable bonds is 1. The molecule has 0 aliphatic carbocycles. The highest BCUT2D eigenvalue weighted by molar-refractivity contribution is 6.31. The van der Waals surface area contributed by atoms with Gasteiger partial charge in [-0.15, -0.1) is 0 Å². The molecule has 4 heteroatoms. The summed E-state index contributed by atoms with van der Waals surface area (Å²) in [6.45, 7) is 1.52. The Hall–Kier alpha value is -1.45. The van der Waals surface area contributed by atoms with Crippen LogP contribution in [0.3, 0.4) is 0 Å². The smallest absolute Gasteiger partial charge is 0.133 e. The van der Waals surface area contributed by atoms with Crippen LogP contribution in [0.1, 0.15) is 11.1 Å². The third kappa shape index (κ3) is 2.24. The van der Waals surface area contributed by atoms with Crippen molar-refractivity contribution in [2.75, 3.05) is 6.54 Å². The summed E-state index contributed by atoms with van der Waals surface area (Å²) < 4.78 is 26.9. The van der Waals surface area contributed by atoms with Crippen LogP contribution >= 0.6 is 11.6 Å². The summed E-state index contributed by atoms with van der Waals surface area (Å²) in [5, 5.41) is 3.96. The third-order valence-electron chi connectivity index (χ3n) is 3.45. The average molecular weight is 280 g/mol. The zero-order valence-corrected chi connectivity index (χ0v) is 10.9. The van der Waals surface area contributed by atoms with E-state index < -0.39 is 11.6 Å². The summed E-state index contributed by atoms with van der Waals surface area (Å²) in [5.41, 5.74) is 3.26. The van der Waals surface area contributed by atoms with Crippen LogP contribution in [0.25, 0.3) is 11.1 Å². The predicted molar refractivity (Wildman–Crippen MR) is 72.2 cm³/mol. The van der Waals surface area contributed by atoms with Gasteiger partial charge >= 0.3 is 0 Å². The highest BCUT2D eigenvalue weighted by atomic mass is 35.5. The topological polar surface area (TPSA) is 12.0 Å². The zero-order valence-electron chi connectivity index (χ0n) is 10.1. The number of halogens is 3. The molecule has 0 unspecified atom stereocenters. The van der Waals surface area contributed by atoms with Crippen LogP contribution < -0.4 is 5.32 Å². The van der Waals surface area contributed by atoms with E-state index >= 15 is 0 Å². The first-order valence-electron chi connectivity index (χ1n) is 6.13. The normalized spacial score (nSPS) is 14.3. The van der Waals surface area contributed by atoms with E-state index in [1.54, 1.807) is 12.1 Å². The Morgan fingerprint density at radius 1 is 1.00 bits per heavy atom. The van der Waals surface area contributed by atoms with Gasteiger partial charge in [-0.25, -0.2) is 8.78 Å². The zero-order chi connectivity index (χ0) is 13.4. The predicted octanol–water partition coefficient (Wildman–Crippen LogP) is 3.93. The average Bonchev–Trinajstić information content (AvgIpc) is 2.41. The minimum absolute atomic E-state index is 0.415. The highest BCUT2D eigenvalue weighted by Crippen LogP contribution is 2.34. The van der Waals surface area contributed by atoms with Crippen molar-refractivity contribution in [3.05, 3.63) is 58.1 Å². The van der Waals surface area contributed by atoms with Crippen LogP contribution in [0, 0.1) is 11.6 Å². The van der Waals surface area contributed by atoms with Gasteiger partial charge in [0.15, 0.2) is 0 Å². The molecule has 0 amide bonds. The largest absolute Gasteiger partial charge is 0.312 e. The van der Waals surface area contributed by atoms with E-state index in [1.807, 2.05) is 0 Å². The van der Waals surface area contributed by atoms with Gasteiger partial charge in [0.25, 0.3) is 0 Å². The summed E-state index contributed by atoms with van der Waals surface area (Å²) in [6, 6.07) is 7.24. The van der Waals surface area contributed by atoms with Gasteiger partial charge in [-0.05, 0) is 47.9 Å². The van der Waals surface area contributed by atoms with E-state index in [1.165, 1.54) is 12.1 Å². The van der Waals surface area contributed by atoms with Gasteiger partial charge in [-0.2, -0.15) is 0 Å². The molecule has 1 nitrogen and oxygen atoms in total. The Bertz CT molecular complexity index is 640. The molecule has 1 N–H and O–H groups in total. The van der Waals surface area contributed by atoms with Crippen LogP contribution in [0.5, 0.6) is 0 Å². The number of hydrogen-bond donors (Lipinski definition) is 1. The first-order valence-corrected chi connectivity index (χ1v) is 6.51. The summed E-state index contributed by atoms with van der Waals surface area (Å²) in [6.07, 6.45) is 0.824. The van der Waals surface area contributed by atoms with Crippen LogP contribution in [-0.2, 0) is 13.0 Å². The third-order valence-corrected chi connectivity index (χ3v) is 3.80. The van der Waals surface area contributed by atoms with E-state index in [-0.39, 0.29) is 0 Å². The minimum atomic E-state index is -0.567. The molecule has 0 spiro atoms. The number of nitrogens with one attached hydrogen (secondary N) is 1. The lowest BCUT2D eigenvalue weighted by Gasteiger charge is -2.22. The van der Waals surface area contributed by atoms with Crippen LogP contribution in [0.4, 0.5) is 8.78 Å². The van der Waals surface area contributed by atoms with E-state index in [9.17, 15) is 8.78 Å². The molecule has 0 saturated heterocycles. The van der Waals surface area contributed by atoms with Gasteiger partial charge in [-0.3, -0.25) is 0 Å². The molecule has 2 aromatic carbocycles. The van der Waals surface area contributed by atoms with Gasteiger partial charge in [0.1, 0.15) is 11.6 Å².